The minimum Gasteiger partial charge on any atom is -0.456 e. The number of aryl methyl sites for hydroxylation is 1. The van der Waals surface area contributed by atoms with Gasteiger partial charge in [0.15, 0.2) is 5.76 Å². The molecule has 0 atom stereocenters. The van der Waals surface area contributed by atoms with Gasteiger partial charge in [-0.15, -0.1) is 0 Å². The number of piperazine rings is 1. The molecule has 5 nitrogen and oxygen atoms in total. The van der Waals surface area contributed by atoms with E-state index in [2.05, 4.69) is 0 Å². The molecule has 1 amide bonds. The lowest BCUT2D eigenvalue weighted by Crippen LogP contribution is -2.49. The fourth-order valence-electron chi connectivity index (χ4n) is 2.93. The van der Waals surface area contributed by atoms with Crippen molar-refractivity contribution in [2.45, 2.75) is 13.1 Å². The van der Waals surface area contributed by atoms with E-state index in [4.69, 9.17) is 4.42 Å². The van der Waals surface area contributed by atoms with E-state index in [0.29, 0.717) is 37.6 Å². The highest BCUT2D eigenvalue weighted by molar-refractivity contribution is 5.91. The quantitative estimate of drug-likeness (QED) is 0.820. The number of alkyl halides is 3. The van der Waals surface area contributed by atoms with E-state index in [1.165, 1.54) is 6.07 Å². The summed E-state index contributed by atoms with van der Waals surface area (Å²) in [5.74, 6) is 0.698. The van der Waals surface area contributed by atoms with Crippen LogP contribution in [0.4, 0.5) is 18.9 Å². The lowest BCUT2D eigenvalue weighted by molar-refractivity contribution is -0.137. The summed E-state index contributed by atoms with van der Waals surface area (Å²) < 4.78 is 43.8. The molecule has 1 saturated heterocycles. The van der Waals surface area contributed by atoms with Crippen LogP contribution in [0.3, 0.4) is 0 Å². The molecule has 0 saturated carbocycles. The molecule has 2 heterocycles. The van der Waals surface area contributed by atoms with E-state index in [1.807, 2.05) is 11.0 Å². The van der Waals surface area contributed by atoms with E-state index < -0.39 is 11.7 Å². The fourth-order valence-corrected chi connectivity index (χ4v) is 2.93. The molecule has 0 aliphatic carbocycles. The molecular weight excluding hydrogens is 347 g/mol. The van der Waals surface area contributed by atoms with Gasteiger partial charge in [0.2, 0.25) is 0 Å². The van der Waals surface area contributed by atoms with Crippen molar-refractivity contribution in [3.8, 4) is 6.07 Å². The lowest BCUT2D eigenvalue weighted by Gasteiger charge is -2.36. The number of hydrogen-bond donors (Lipinski definition) is 0. The molecule has 0 radical (unpaired) electrons. The summed E-state index contributed by atoms with van der Waals surface area (Å²) in [5.41, 5.74) is -0.428. The molecule has 1 aliphatic rings. The topological polar surface area (TPSA) is 60.5 Å². The Kier molecular flexibility index (Phi) is 4.64. The number of halogens is 3. The second-order valence-electron chi connectivity index (χ2n) is 6.03. The fraction of sp³-hybridized carbons (Fsp3) is 0.333. The Morgan fingerprint density at radius 3 is 2.38 bits per heavy atom. The highest BCUT2D eigenvalue weighted by Gasteiger charge is 2.32. The van der Waals surface area contributed by atoms with Gasteiger partial charge in [0, 0.05) is 26.2 Å². The van der Waals surface area contributed by atoms with E-state index in [9.17, 15) is 23.2 Å². The smallest absolute Gasteiger partial charge is 0.416 e. The van der Waals surface area contributed by atoms with Crippen LogP contribution in [0.2, 0.25) is 0 Å². The molecule has 8 heteroatoms. The SMILES string of the molecule is Cc1ccc(C(=O)N2CCN(c3ccc(C(F)(F)F)cc3C#N)CC2)o1. The molecule has 1 fully saturated rings. The average molecular weight is 363 g/mol. The Hall–Kier alpha value is -2.95. The summed E-state index contributed by atoms with van der Waals surface area (Å²) in [6.07, 6.45) is -4.49. The molecule has 2 aromatic rings. The number of carbonyl (C=O) groups is 1. The number of carbonyl (C=O) groups excluding carboxylic acids is 1. The lowest BCUT2D eigenvalue weighted by atomic mass is 10.1. The monoisotopic (exact) mass is 363 g/mol. The molecule has 0 spiro atoms. The third-order valence-corrected chi connectivity index (χ3v) is 4.30. The highest BCUT2D eigenvalue weighted by Crippen LogP contribution is 2.33. The Morgan fingerprint density at radius 1 is 1.15 bits per heavy atom. The third-order valence-electron chi connectivity index (χ3n) is 4.30. The predicted molar refractivity (Wildman–Crippen MR) is 87.7 cm³/mol. The summed E-state index contributed by atoms with van der Waals surface area (Å²) >= 11 is 0. The summed E-state index contributed by atoms with van der Waals surface area (Å²) in [6.45, 7) is 3.38. The van der Waals surface area contributed by atoms with E-state index >= 15 is 0 Å². The van der Waals surface area contributed by atoms with Crippen LogP contribution in [0.5, 0.6) is 0 Å². The zero-order valence-electron chi connectivity index (χ0n) is 14.0. The van der Waals surface area contributed by atoms with Crippen LogP contribution in [-0.2, 0) is 6.18 Å². The van der Waals surface area contributed by atoms with Crippen molar-refractivity contribution in [1.29, 1.82) is 5.26 Å². The van der Waals surface area contributed by atoms with Crippen molar-refractivity contribution >= 4 is 11.6 Å². The van der Waals surface area contributed by atoms with Gasteiger partial charge in [-0.2, -0.15) is 18.4 Å². The van der Waals surface area contributed by atoms with Gasteiger partial charge < -0.3 is 14.2 Å². The first-order valence-electron chi connectivity index (χ1n) is 8.01. The molecule has 0 unspecified atom stereocenters. The second kappa shape index (κ2) is 6.75. The maximum Gasteiger partial charge on any atom is 0.416 e. The number of furan rings is 1. The van der Waals surface area contributed by atoms with Gasteiger partial charge in [-0.3, -0.25) is 4.79 Å². The summed E-state index contributed by atoms with van der Waals surface area (Å²) in [7, 11) is 0. The van der Waals surface area contributed by atoms with Crippen molar-refractivity contribution in [2.75, 3.05) is 31.1 Å². The molecule has 26 heavy (non-hydrogen) atoms. The first kappa shape index (κ1) is 17.9. The molecule has 1 aliphatic heterocycles. The van der Waals surface area contributed by atoms with Crippen LogP contribution in [-0.4, -0.2) is 37.0 Å². The summed E-state index contributed by atoms with van der Waals surface area (Å²) in [6, 6.07) is 8.31. The Balaban J connectivity index is 1.72. The Bertz CT molecular complexity index is 859. The predicted octanol–water partition coefficient (Wildman–Crippen LogP) is 3.44. The maximum atomic E-state index is 12.8. The van der Waals surface area contributed by atoms with Gasteiger partial charge in [0.1, 0.15) is 11.8 Å². The van der Waals surface area contributed by atoms with Gasteiger partial charge in [-0.05, 0) is 37.3 Å². The van der Waals surface area contributed by atoms with Crippen molar-refractivity contribution < 1.29 is 22.4 Å². The molecule has 1 aromatic carbocycles. The minimum absolute atomic E-state index is 0.0266. The van der Waals surface area contributed by atoms with Gasteiger partial charge in [-0.1, -0.05) is 0 Å². The van der Waals surface area contributed by atoms with Crippen LogP contribution >= 0.6 is 0 Å². The number of anilines is 1. The van der Waals surface area contributed by atoms with E-state index in [-0.39, 0.29) is 17.2 Å². The minimum atomic E-state index is -4.49. The average Bonchev–Trinajstić information content (AvgIpc) is 3.06. The Labute approximate surface area is 148 Å². The van der Waals surface area contributed by atoms with Gasteiger partial charge in [0.25, 0.3) is 5.91 Å². The first-order valence-corrected chi connectivity index (χ1v) is 8.01. The van der Waals surface area contributed by atoms with E-state index in [0.717, 1.165) is 12.1 Å². The maximum absolute atomic E-state index is 12.8. The number of rotatable bonds is 2. The standard InChI is InChI=1S/C18H16F3N3O2/c1-12-2-5-16(26-12)17(25)24-8-6-23(7-9-24)15-4-3-14(18(19,20)21)10-13(15)11-22/h2-5,10H,6-9H2,1H3. The van der Waals surface area contributed by atoms with E-state index in [1.54, 1.807) is 24.0 Å². The second-order valence-corrected chi connectivity index (χ2v) is 6.03. The first-order chi connectivity index (χ1) is 12.3. The zero-order valence-corrected chi connectivity index (χ0v) is 14.0. The largest absolute Gasteiger partial charge is 0.456 e. The molecular formula is C18H16F3N3O2. The summed E-state index contributed by atoms with van der Waals surface area (Å²) in [4.78, 5) is 15.8. The van der Waals surface area contributed by atoms with Crippen LogP contribution in [0.15, 0.2) is 34.7 Å². The normalized spacial score (nSPS) is 15.0. The highest BCUT2D eigenvalue weighted by atomic mass is 19.4. The summed E-state index contributed by atoms with van der Waals surface area (Å²) in [5, 5.41) is 9.21. The number of benzene rings is 1. The molecule has 136 valence electrons. The van der Waals surface area contributed by atoms with Crippen molar-refractivity contribution in [2.24, 2.45) is 0 Å². The van der Waals surface area contributed by atoms with Crippen LogP contribution in [0.25, 0.3) is 0 Å². The molecule has 3 rings (SSSR count). The van der Waals surface area contributed by atoms with Gasteiger partial charge >= 0.3 is 6.18 Å². The molecule has 0 N–H and O–H groups in total. The Morgan fingerprint density at radius 2 is 1.85 bits per heavy atom. The molecule has 0 bridgehead atoms. The van der Waals surface area contributed by atoms with Gasteiger partial charge in [-0.25, -0.2) is 0 Å². The van der Waals surface area contributed by atoms with Crippen molar-refractivity contribution in [3.63, 3.8) is 0 Å². The number of nitrogens with zero attached hydrogens (tertiary/aromatic N) is 3. The zero-order chi connectivity index (χ0) is 18.9. The van der Waals surface area contributed by atoms with Crippen LogP contribution in [0.1, 0.15) is 27.4 Å². The number of nitriles is 1. The number of hydrogen-bond acceptors (Lipinski definition) is 4. The third kappa shape index (κ3) is 3.52. The van der Waals surface area contributed by atoms with Crippen LogP contribution in [0, 0.1) is 18.3 Å². The van der Waals surface area contributed by atoms with Gasteiger partial charge in [0.05, 0.1) is 16.8 Å². The van der Waals surface area contributed by atoms with Crippen LogP contribution < -0.4 is 4.90 Å². The molecule has 1 aromatic heterocycles. The number of amides is 1. The van der Waals surface area contributed by atoms with Crippen molar-refractivity contribution in [1.82, 2.24) is 4.90 Å². The van der Waals surface area contributed by atoms with Crippen molar-refractivity contribution in [3.05, 3.63) is 53.0 Å².